The zero-order valence-corrected chi connectivity index (χ0v) is 9.70. The van der Waals surface area contributed by atoms with Crippen molar-refractivity contribution in [2.45, 2.75) is 24.1 Å². The second-order valence-corrected chi connectivity index (χ2v) is 4.75. The number of hydrogen-bond acceptors (Lipinski definition) is 3. The Morgan fingerprint density at radius 2 is 2.43 bits per heavy atom. The van der Waals surface area contributed by atoms with Crippen LogP contribution in [0.5, 0.6) is 5.88 Å². The van der Waals surface area contributed by atoms with Crippen LogP contribution in [0.2, 0.25) is 0 Å². The summed E-state index contributed by atoms with van der Waals surface area (Å²) in [6.45, 7) is 0. The number of nitrogens with zero attached hydrogens (tertiary/aromatic N) is 2. The normalized spacial score (nSPS) is 17.9. The first kappa shape index (κ1) is 9.90. The molecule has 0 bridgehead atoms. The molecule has 2 rings (SSSR count). The zero-order valence-electron chi connectivity index (χ0n) is 8.11. The van der Waals surface area contributed by atoms with Crippen LogP contribution < -0.4 is 4.74 Å². The number of rotatable bonds is 4. The molecule has 3 nitrogen and oxygen atoms in total. The Kier molecular flexibility index (Phi) is 3.01. The van der Waals surface area contributed by atoms with Gasteiger partial charge >= 0.3 is 0 Å². The van der Waals surface area contributed by atoms with Crippen LogP contribution in [-0.4, -0.2) is 21.9 Å². The van der Waals surface area contributed by atoms with Crippen LogP contribution in [0.25, 0.3) is 0 Å². The Bertz CT molecular complexity index is 315. The van der Waals surface area contributed by atoms with E-state index in [0.29, 0.717) is 10.7 Å². The average molecular weight is 257 g/mol. The van der Waals surface area contributed by atoms with Crippen molar-refractivity contribution in [1.82, 2.24) is 9.97 Å². The minimum absolute atomic E-state index is 0.523. The van der Waals surface area contributed by atoms with E-state index in [4.69, 9.17) is 4.74 Å². The highest BCUT2D eigenvalue weighted by molar-refractivity contribution is 9.09. The van der Waals surface area contributed by atoms with E-state index in [9.17, 15) is 0 Å². The summed E-state index contributed by atoms with van der Waals surface area (Å²) in [6, 6.07) is 1.77. The summed E-state index contributed by atoms with van der Waals surface area (Å²) in [5.74, 6) is 2.33. The van der Waals surface area contributed by atoms with Crippen molar-refractivity contribution in [1.29, 1.82) is 0 Å². The van der Waals surface area contributed by atoms with Gasteiger partial charge in [0.25, 0.3) is 0 Å². The summed E-state index contributed by atoms with van der Waals surface area (Å²) < 4.78 is 5.05. The minimum atomic E-state index is 0.523. The molecule has 0 aliphatic heterocycles. The summed E-state index contributed by atoms with van der Waals surface area (Å²) in [4.78, 5) is 9.02. The molecule has 1 aliphatic carbocycles. The Morgan fingerprint density at radius 1 is 1.64 bits per heavy atom. The van der Waals surface area contributed by atoms with E-state index in [1.165, 1.54) is 12.8 Å². The van der Waals surface area contributed by atoms with E-state index in [-0.39, 0.29) is 0 Å². The molecular weight excluding hydrogens is 244 g/mol. The van der Waals surface area contributed by atoms with Gasteiger partial charge in [0.15, 0.2) is 0 Å². The first-order valence-corrected chi connectivity index (χ1v) is 5.71. The monoisotopic (exact) mass is 256 g/mol. The van der Waals surface area contributed by atoms with Gasteiger partial charge in [-0.3, -0.25) is 0 Å². The Morgan fingerprint density at radius 3 is 3.07 bits per heavy atom. The molecule has 1 aromatic rings. The zero-order chi connectivity index (χ0) is 9.97. The predicted molar refractivity (Wildman–Crippen MR) is 57.7 cm³/mol. The van der Waals surface area contributed by atoms with Crippen molar-refractivity contribution in [2.24, 2.45) is 5.92 Å². The molecule has 0 amide bonds. The highest BCUT2D eigenvalue weighted by atomic mass is 79.9. The molecular formula is C10H13BrN2O. The fourth-order valence-electron chi connectivity index (χ4n) is 1.39. The van der Waals surface area contributed by atoms with E-state index >= 15 is 0 Å². The predicted octanol–water partition coefficient (Wildman–Crippen LogP) is 2.20. The van der Waals surface area contributed by atoms with Crippen LogP contribution in [0.15, 0.2) is 12.3 Å². The lowest BCUT2D eigenvalue weighted by Gasteiger charge is -2.07. The van der Waals surface area contributed by atoms with Gasteiger partial charge < -0.3 is 4.74 Å². The van der Waals surface area contributed by atoms with Crippen molar-refractivity contribution < 1.29 is 4.74 Å². The molecule has 1 heterocycles. The fourth-order valence-corrected chi connectivity index (χ4v) is 2.21. The number of ether oxygens (including phenoxy) is 1. The molecule has 0 spiro atoms. The largest absolute Gasteiger partial charge is 0.481 e. The van der Waals surface area contributed by atoms with E-state index in [0.717, 1.165) is 18.2 Å². The number of alkyl halides is 1. The maximum atomic E-state index is 5.05. The third-order valence-electron chi connectivity index (χ3n) is 2.40. The SMILES string of the molecule is COc1ccnc(CC(Br)C2CC2)n1. The van der Waals surface area contributed by atoms with Crippen LogP contribution in [-0.2, 0) is 6.42 Å². The van der Waals surface area contributed by atoms with Gasteiger partial charge in [-0.05, 0) is 18.8 Å². The summed E-state index contributed by atoms with van der Waals surface area (Å²) in [5, 5.41) is 0. The maximum Gasteiger partial charge on any atom is 0.216 e. The molecule has 0 saturated heterocycles. The van der Waals surface area contributed by atoms with Gasteiger partial charge in [0.05, 0.1) is 7.11 Å². The van der Waals surface area contributed by atoms with Crippen LogP contribution in [0.3, 0.4) is 0 Å². The smallest absolute Gasteiger partial charge is 0.216 e. The number of methoxy groups -OCH3 is 1. The molecule has 76 valence electrons. The van der Waals surface area contributed by atoms with E-state index in [1.807, 2.05) is 0 Å². The van der Waals surface area contributed by atoms with Gasteiger partial charge in [-0.1, -0.05) is 15.9 Å². The van der Waals surface area contributed by atoms with Crippen molar-refractivity contribution in [2.75, 3.05) is 7.11 Å². The van der Waals surface area contributed by atoms with Gasteiger partial charge in [0.1, 0.15) is 5.82 Å². The molecule has 0 N–H and O–H groups in total. The quantitative estimate of drug-likeness (QED) is 0.775. The van der Waals surface area contributed by atoms with Gasteiger partial charge in [0.2, 0.25) is 5.88 Å². The summed E-state index contributed by atoms with van der Waals surface area (Å²) in [5.41, 5.74) is 0. The highest BCUT2D eigenvalue weighted by Gasteiger charge is 2.29. The topological polar surface area (TPSA) is 35.0 Å². The number of aromatic nitrogens is 2. The average Bonchev–Trinajstić information content (AvgIpc) is 3.01. The number of halogens is 1. The molecule has 1 unspecified atom stereocenters. The van der Waals surface area contributed by atoms with Gasteiger partial charge in [0, 0.05) is 23.5 Å². The van der Waals surface area contributed by atoms with Crippen molar-refractivity contribution in [3.05, 3.63) is 18.1 Å². The van der Waals surface area contributed by atoms with Crippen LogP contribution in [0.4, 0.5) is 0 Å². The fraction of sp³-hybridized carbons (Fsp3) is 0.600. The van der Waals surface area contributed by atoms with Crippen molar-refractivity contribution in [3.63, 3.8) is 0 Å². The third kappa shape index (κ3) is 2.44. The Labute approximate surface area is 92.0 Å². The van der Waals surface area contributed by atoms with Crippen LogP contribution >= 0.6 is 15.9 Å². The Balaban J connectivity index is 2.00. The van der Waals surface area contributed by atoms with E-state index < -0.39 is 0 Å². The molecule has 1 fully saturated rings. The molecule has 1 atom stereocenters. The Hall–Kier alpha value is -0.640. The van der Waals surface area contributed by atoms with Crippen molar-refractivity contribution in [3.8, 4) is 5.88 Å². The van der Waals surface area contributed by atoms with Gasteiger partial charge in [-0.25, -0.2) is 4.98 Å². The lowest BCUT2D eigenvalue weighted by molar-refractivity contribution is 0.394. The van der Waals surface area contributed by atoms with Crippen molar-refractivity contribution >= 4 is 15.9 Å². The van der Waals surface area contributed by atoms with E-state index in [2.05, 4.69) is 25.9 Å². The molecule has 4 heteroatoms. The molecule has 1 saturated carbocycles. The molecule has 14 heavy (non-hydrogen) atoms. The maximum absolute atomic E-state index is 5.05. The summed E-state index contributed by atoms with van der Waals surface area (Å²) >= 11 is 3.67. The molecule has 1 aromatic heterocycles. The van der Waals surface area contributed by atoms with Gasteiger partial charge in [-0.2, -0.15) is 4.98 Å². The summed E-state index contributed by atoms with van der Waals surface area (Å²) in [7, 11) is 1.62. The molecule has 0 radical (unpaired) electrons. The second kappa shape index (κ2) is 4.26. The number of hydrogen-bond donors (Lipinski definition) is 0. The van der Waals surface area contributed by atoms with Crippen LogP contribution in [0, 0.1) is 5.92 Å². The van der Waals surface area contributed by atoms with Gasteiger partial charge in [-0.15, -0.1) is 0 Å². The second-order valence-electron chi connectivity index (χ2n) is 3.57. The highest BCUT2D eigenvalue weighted by Crippen LogP contribution is 2.37. The summed E-state index contributed by atoms with van der Waals surface area (Å²) in [6.07, 6.45) is 5.30. The van der Waals surface area contributed by atoms with E-state index in [1.54, 1.807) is 19.4 Å². The first-order chi connectivity index (χ1) is 6.79. The minimum Gasteiger partial charge on any atom is -0.481 e. The van der Waals surface area contributed by atoms with Crippen LogP contribution in [0.1, 0.15) is 18.7 Å². The first-order valence-electron chi connectivity index (χ1n) is 4.79. The molecule has 0 aromatic carbocycles. The lowest BCUT2D eigenvalue weighted by atomic mass is 10.2. The third-order valence-corrected chi connectivity index (χ3v) is 3.47. The lowest BCUT2D eigenvalue weighted by Crippen LogP contribution is -2.08. The standard InChI is InChI=1S/C10H13BrN2O/c1-14-10-4-5-12-9(13-10)6-8(11)7-2-3-7/h4-5,7-8H,2-3,6H2,1H3. The molecule has 1 aliphatic rings.